The lowest BCUT2D eigenvalue weighted by Crippen LogP contribution is -2.40. The molecule has 0 aromatic heterocycles. The smallest absolute Gasteiger partial charge is 0.151 e. The van der Waals surface area contributed by atoms with Crippen LogP contribution >= 0.6 is 0 Å². The molecule has 0 heterocycles. The molecule has 4 heteroatoms. The summed E-state index contributed by atoms with van der Waals surface area (Å²) in [6, 6.07) is 10.3. The summed E-state index contributed by atoms with van der Waals surface area (Å²) in [6.07, 6.45) is 4.17. The van der Waals surface area contributed by atoms with Gasteiger partial charge in [-0.2, -0.15) is 0 Å². The van der Waals surface area contributed by atoms with Crippen LogP contribution in [-0.4, -0.2) is 33.0 Å². The monoisotopic (exact) mass is 269 g/mol. The van der Waals surface area contributed by atoms with Crippen LogP contribution in [0.1, 0.15) is 25.3 Å². The van der Waals surface area contributed by atoms with Gasteiger partial charge < -0.3 is 5.32 Å². The van der Waals surface area contributed by atoms with Crippen molar-refractivity contribution >= 4 is 9.84 Å². The largest absolute Gasteiger partial charge is 0.316 e. The summed E-state index contributed by atoms with van der Waals surface area (Å²) >= 11 is 0. The van der Waals surface area contributed by atoms with E-state index in [0.29, 0.717) is 0 Å². The Hall–Kier alpha value is -0.870. The van der Waals surface area contributed by atoms with Crippen LogP contribution in [-0.2, 0) is 16.3 Å². The second kappa shape index (κ2) is 6.90. The maximum absolute atomic E-state index is 11.5. The summed E-state index contributed by atoms with van der Waals surface area (Å²) < 4.78 is 23.0. The summed E-state index contributed by atoms with van der Waals surface area (Å²) in [5, 5.41) is 2.78. The van der Waals surface area contributed by atoms with E-state index in [1.165, 1.54) is 11.8 Å². The molecular formula is C14H23NO2S. The number of aryl methyl sites for hydroxylation is 1. The number of rotatable bonds is 7. The molecule has 0 aliphatic heterocycles. The number of hydrogen-bond acceptors (Lipinski definition) is 3. The van der Waals surface area contributed by atoms with Crippen molar-refractivity contribution in [3.8, 4) is 0 Å². The molecule has 0 radical (unpaired) electrons. The molecule has 0 aliphatic rings. The van der Waals surface area contributed by atoms with E-state index in [9.17, 15) is 8.42 Å². The van der Waals surface area contributed by atoms with Crippen molar-refractivity contribution in [3.63, 3.8) is 0 Å². The predicted octanol–water partition coefficient (Wildman–Crippen LogP) is 2.03. The second-order valence-electron chi connectivity index (χ2n) is 4.81. The first kappa shape index (κ1) is 15.2. The van der Waals surface area contributed by atoms with Crippen molar-refractivity contribution in [3.05, 3.63) is 35.9 Å². The highest BCUT2D eigenvalue weighted by Gasteiger charge is 2.23. The number of sulfone groups is 1. The summed E-state index contributed by atoms with van der Waals surface area (Å²) in [5.74, 6) is 0. The molecule has 1 N–H and O–H groups in total. The quantitative estimate of drug-likeness (QED) is 0.824. The lowest BCUT2D eigenvalue weighted by Gasteiger charge is -2.22. The van der Waals surface area contributed by atoms with Gasteiger partial charge in [-0.05, 0) is 38.8 Å². The van der Waals surface area contributed by atoms with E-state index in [2.05, 4.69) is 17.4 Å². The van der Waals surface area contributed by atoms with Crippen molar-refractivity contribution in [2.75, 3.05) is 13.3 Å². The average Bonchev–Trinajstić information content (AvgIpc) is 2.34. The zero-order valence-corrected chi connectivity index (χ0v) is 12.2. The molecule has 0 bridgehead atoms. The zero-order chi connectivity index (χ0) is 13.6. The van der Waals surface area contributed by atoms with E-state index in [4.69, 9.17) is 0 Å². The van der Waals surface area contributed by atoms with E-state index in [1.54, 1.807) is 6.92 Å². The molecule has 1 aromatic rings. The fraction of sp³-hybridized carbons (Fsp3) is 0.571. The molecule has 0 saturated carbocycles. The average molecular weight is 269 g/mol. The van der Waals surface area contributed by atoms with Crippen molar-refractivity contribution in [1.82, 2.24) is 5.32 Å². The molecule has 102 valence electrons. The minimum atomic E-state index is -2.97. The minimum Gasteiger partial charge on any atom is -0.316 e. The molecule has 3 nitrogen and oxygen atoms in total. The van der Waals surface area contributed by atoms with Gasteiger partial charge in [0.15, 0.2) is 9.84 Å². The van der Waals surface area contributed by atoms with Gasteiger partial charge in [0.25, 0.3) is 0 Å². The Morgan fingerprint density at radius 3 is 2.33 bits per heavy atom. The maximum atomic E-state index is 11.5. The third kappa shape index (κ3) is 4.78. The summed E-state index contributed by atoms with van der Waals surface area (Å²) in [5.41, 5.74) is 1.30. The van der Waals surface area contributed by atoms with Gasteiger partial charge in [-0.1, -0.05) is 30.3 Å². The Bertz CT molecular complexity index is 442. The SMILES string of the molecule is CNC(CCCc1ccccc1)C(C)S(C)(=O)=O. The Balaban J connectivity index is 2.46. The van der Waals surface area contributed by atoms with Gasteiger partial charge in [-0.3, -0.25) is 0 Å². The van der Waals surface area contributed by atoms with E-state index in [0.717, 1.165) is 19.3 Å². The third-order valence-electron chi connectivity index (χ3n) is 3.44. The van der Waals surface area contributed by atoms with Crippen LogP contribution in [0.2, 0.25) is 0 Å². The minimum absolute atomic E-state index is 0.0312. The van der Waals surface area contributed by atoms with Crippen molar-refractivity contribution in [1.29, 1.82) is 0 Å². The lowest BCUT2D eigenvalue weighted by molar-refractivity contribution is 0.479. The van der Waals surface area contributed by atoms with Gasteiger partial charge in [0.2, 0.25) is 0 Å². The summed E-state index contributed by atoms with van der Waals surface area (Å²) in [6.45, 7) is 1.78. The van der Waals surface area contributed by atoms with Gasteiger partial charge in [0, 0.05) is 12.3 Å². The van der Waals surface area contributed by atoms with Crippen molar-refractivity contribution < 1.29 is 8.42 Å². The first-order valence-electron chi connectivity index (χ1n) is 6.35. The van der Waals surface area contributed by atoms with Crippen LogP contribution in [0, 0.1) is 0 Å². The Kier molecular flexibility index (Phi) is 5.82. The summed E-state index contributed by atoms with van der Waals surface area (Å²) in [4.78, 5) is 0. The van der Waals surface area contributed by atoms with E-state index >= 15 is 0 Å². The summed E-state index contributed by atoms with van der Waals surface area (Å²) in [7, 11) is -1.14. The maximum Gasteiger partial charge on any atom is 0.151 e. The molecular weight excluding hydrogens is 246 g/mol. The van der Waals surface area contributed by atoms with E-state index in [1.807, 2.05) is 25.2 Å². The van der Waals surface area contributed by atoms with Crippen LogP contribution in [0.4, 0.5) is 0 Å². The molecule has 2 atom stereocenters. The van der Waals surface area contributed by atoms with Crippen LogP contribution < -0.4 is 5.32 Å². The molecule has 1 rings (SSSR count). The molecule has 0 aliphatic carbocycles. The second-order valence-corrected chi connectivity index (χ2v) is 7.21. The van der Waals surface area contributed by atoms with Gasteiger partial charge in [0.1, 0.15) is 0 Å². The number of hydrogen-bond donors (Lipinski definition) is 1. The first-order chi connectivity index (χ1) is 8.45. The predicted molar refractivity (Wildman–Crippen MR) is 76.5 cm³/mol. The van der Waals surface area contributed by atoms with Crippen molar-refractivity contribution in [2.24, 2.45) is 0 Å². The highest BCUT2D eigenvalue weighted by atomic mass is 32.2. The Morgan fingerprint density at radius 2 is 1.83 bits per heavy atom. The van der Waals surface area contributed by atoms with E-state index in [-0.39, 0.29) is 11.3 Å². The highest BCUT2D eigenvalue weighted by molar-refractivity contribution is 7.91. The molecule has 0 fully saturated rings. The number of benzene rings is 1. The van der Waals surface area contributed by atoms with Crippen LogP contribution in [0.3, 0.4) is 0 Å². The van der Waals surface area contributed by atoms with Crippen LogP contribution in [0.5, 0.6) is 0 Å². The fourth-order valence-corrected chi connectivity index (χ4v) is 2.95. The lowest BCUT2D eigenvalue weighted by atomic mass is 10.0. The van der Waals surface area contributed by atoms with E-state index < -0.39 is 9.84 Å². The molecule has 2 unspecified atom stereocenters. The normalized spacial score (nSPS) is 15.3. The number of nitrogens with one attached hydrogen (secondary N) is 1. The van der Waals surface area contributed by atoms with Gasteiger partial charge in [-0.15, -0.1) is 0 Å². The highest BCUT2D eigenvalue weighted by Crippen LogP contribution is 2.12. The molecule has 0 saturated heterocycles. The Labute approximate surface area is 111 Å². The van der Waals surface area contributed by atoms with Gasteiger partial charge >= 0.3 is 0 Å². The van der Waals surface area contributed by atoms with Gasteiger partial charge in [-0.25, -0.2) is 8.42 Å². The standard InChI is InChI=1S/C14H23NO2S/c1-12(18(3,16)17)14(15-2)11-7-10-13-8-5-4-6-9-13/h4-6,8-9,12,14-15H,7,10-11H2,1-3H3. The zero-order valence-electron chi connectivity index (χ0n) is 11.4. The van der Waals surface area contributed by atoms with Crippen molar-refractivity contribution in [2.45, 2.75) is 37.5 Å². The van der Waals surface area contributed by atoms with Crippen LogP contribution in [0.15, 0.2) is 30.3 Å². The molecule has 1 aromatic carbocycles. The topological polar surface area (TPSA) is 46.2 Å². The van der Waals surface area contributed by atoms with Crippen LogP contribution in [0.25, 0.3) is 0 Å². The fourth-order valence-electron chi connectivity index (χ4n) is 2.08. The third-order valence-corrected chi connectivity index (χ3v) is 5.12. The molecule has 0 amide bonds. The Morgan fingerprint density at radius 1 is 1.22 bits per heavy atom. The molecule has 0 spiro atoms. The van der Waals surface area contributed by atoms with Gasteiger partial charge in [0.05, 0.1) is 5.25 Å². The first-order valence-corrected chi connectivity index (χ1v) is 8.30. The molecule has 18 heavy (non-hydrogen) atoms.